The highest BCUT2D eigenvalue weighted by Gasteiger charge is 2.28. The van der Waals surface area contributed by atoms with Gasteiger partial charge in [0.25, 0.3) is 0 Å². The maximum absolute atomic E-state index is 13.5. The first-order valence-corrected chi connectivity index (χ1v) is 16.9. The molecule has 0 aliphatic carbocycles. The van der Waals surface area contributed by atoms with Crippen molar-refractivity contribution in [3.05, 3.63) is 84.4 Å². The van der Waals surface area contributed by atoms with Crippen molar-refractivity contribution in [3.8, 4) is 0 Å². The molecule has 2 aromatic rings. The van der Waals surface area contributed by atoms with Crippen molar-refractivity contribution in [3.63, 3.8) is 0 Å². The number of aliphatic imine (C=N–C) groups is 1. The predicted molar refractivity (Wildman–Crippen MR) is 193 cm³/mol. The van der Waals surface area contributed by atoms with Gasteiger partial charge in [-0.1, -0.05) is 80.6 Å². The van der Waals surface area contributed by atoms with Crippen LogP contribution in [-0.2, 0) is 37.0 Å². The monoisotopic (exact) mass is 708 g/mol. The van der Waals surface area contributed by atoms with E-state index < -0.39 is 41.9 Å². The van der Waals surface area contributed by atoms with Crippen molar-refractivity contribution in [1.29, 1.82) is 0 Å². The molecule has 0 spiro atoms. The molecular formula is C37H52N6O8. The third kappa shape index (κ3) is 18.8. The van der Waals surface area contributed by atoms with Crippen molar-refractivity contribution < 1.29 is 38.2 Å². The first kappa shape index (κ1) is 41.8. The molecule has 0 saturated heterocycles. The molecule has 2 atom stereocenters. The van der Waals surface area contributed by atoms with E-state index in [0.29, 0.717) is 19.4 Å². The van der Waals surface area contributed by atoms with Gasteiger partial charge in [0.2, 0.25) is 17.8 Å². The van der Waals surface area contributed by atoms with Gasteiger partial charge >= 0.3 is 18.3 Å². The van der Waals surface area contributed by atoms with Crippen LogP contribution in [-0.4, -0.2) is 66.8 Å². The molecular weight excluding hydrogens is 656 g/mol. The van der Waals surface area contributed by atoms with Crippen LogP contribution in [0.4, 0.5) is 14.4 Å². The van der Waals surface area contributed by atoms with Gasteiger partial charge in [-0.05, 0) is 63.5 Å². The highest BCUT2D eigenvalue weighted by Crippen LogP contribution is 2.10. The molecule has 0 bridgehead atoms. The summed E-state index contributed by atoms with van der Waals surface area (Å²) in [6, 6.07) is 16.1. The number of rotatable bonds is 17. The zero-order valence-electron chi connectivity index (χ0n) is 30.2. The Morgan fingerprint density at radius 1 is 0.784 bits per heavy atom. The molecule has 278 valence electrons. The predicted octanol–water partition coefficient (Wildman–Crippen LogP) is 5.09. The van der Waals surface area contributed by atoms with Gasteiger partial charge in [0.1, 0.15) is 30.9 Å². The molecule has 5 amide bonds. The molecule has 0 radical (unpaired) electrons. The molecule has 51 heavy (non-hydrogen) atoms. The first-order chi connectivity index (χ1) is 24.3. The summed E-state index contributed by atoms with van der Waals surface area (Å²) in [5.74, 6) is -1.08. The van der Waals surface area contributed by atoms with Crippen molar-refractivity contribution in [2.75, 3.05) is 13.1 Å². The Kier molecular flexibility index (Phi) is 18.3. The van der Waals surface area contributed by atoms with Crippen LogP contribution in [0.25, 0.3) is 0 Å². The van der Waals surface area contributed by atoms with Crippen LogP contribution in [0.15, 0.2) is 78.3 Å². The zero-order valence-corrected chi connectivity index (χ0v) is 30.2. The van der Waals surface area contributed by atoms with Gasteiger partial charge in [0.05, 0.1) is 0 Å². The molecule has 0 aromatic heterocycles. The highest BCUT2D eigenvalue weighted by atomic mass is 16.6. The number of ether oxygens (including phenoxy) is 3. The van der Waals surface area contributed by atoms with Crippen LogP contribution in [0.5, 0.6) is 0 Å². The van der Waals surface area contributed by atoms with Crippen LogP contribution in [0, 0.1) is 5.92 Å². The molecule has 0 aliphatic heterocycles. The lowest BCUT2D eigenvalue weighted by atomic mass is 10.0. The largest absolute Gasteiger partial charge is 0.444 e. The number of benzene rings is 2. The Labute approximate surface area is 300 Å². The maximum atomic E-state index is 13.5. The van der Waals surface area contributed by atoms with Crippen LogP contribution in [0.1, 0.15) is 71.4 Å². The van der Waals surface area contributed by atoms with Crippen LogP contribution in [0.2, 0.25) is 0 Å². The number of guanidine groups is 1. The number of nitrogens with one attached hydrogen (secondary N) is 5. The maximum Gasteiger partial charge on any atom is 0.414 e. The van der Waals surface area contributed by atoms with Gasteiger partial charge in [-0.3, -0.25) is 25.2 Å². The van der Waals surface area contributed by atoms with Gasteiger partial charge < -0.3 is 30.2 Å². The number of hydrogen-bond acceptors (Lipinski definition) is 9. The summed E-state index contributed by atoms with van der Waals surface area (Å²) in [7, 11) is 0. The molecule has 0 unspecified atom stereocenters. The Bertz CT molecular complexity index is 1380. The minimum Gasteiger partial charge on any atom is -0.444 e. The number of carbonyl (C=O) groups is 5. The van der Waals surface area contributed by atoms with E-state index in [-0.39, 0.29) is 50.4 Å². The molecule has 0 saturated carbocycles. The minimum absolute atomic E-state index is 0.00447. The second-order valence-electron chi connectivity index (χ2n) is 13.0. The molecule has 14 nitrogen and oxygen atoms in total. The van der Waals surface area contributed by atoms with E-state index in [4.69, 9.17) is 14.2 Å². The first-order valence-electron chi connectivity index (χ1n) is 16.9. The van der Waals surface area contributed by atoms with Gasteiger partial charge in [0.15, 0.2) is 0 Å². The van der Waals surface area contributed by atoms with Gasteiger partial charge in [-0.2, -0.15) is 0 Å². The van der Waals surface area contributed by atoms with E-state index >= 15 is 0 Å². The summed E-state index contributed by atoms with van der Waals surface area (Å²) in [6.45, 7) is 12.9. The normalized spacial score (nSPS) is 12.0. The zero-order chi connectivity index (χ0) is 37.6. The summed E-state index contributed by atoms with van der Waals surface area (Å²) >= 11 is 0. The fourth-order valence-corrected chi connectivity index (χ4v) is 4.42. The Morgan fingerprint density at radius 2 is 1.33 bits per heavy atom. The summed E-state index contributed by atoms with van der Waals surface area (Å²) in [5, 5.41) is 13.0. The summed E-state index contributed by atoms with van der Waals surface area (Å²) in [6.07, 6.45) is 0.352. The van der Waals surface area contributed by atoms with E-state index in [1.807, 2.05) is 50.2 Å². The van der Waals surface area contributed by atoms with Crippen LogP contribution in [0.3, 0.4) is 0 Å². The third-order valence-electron chi connectivity index (χ3n) is 6.78. The number of hydrogen-bond donors (Lipinski definition) is 5. The molecule has 0 fully saturated rings. The van der Waals surface area contributed by atoms with E-state index in [1.165, 1.54) is 0 Å². The van der Waals surface area contributed by atoms with E-state index in [2.05, 4.69) is 38.2 Å². The van der Waals surface area contributed by atoms with E-state index in [1.54, 1.807) is 51.1 Å². The molecule has 2 aromatic carbocycles. The third-order valence-corrected chi connectivity index (χ3v) is 6.78. The average Bonchev–Trinajstić information content (AvgIpc) is 3.07. The molecule has 0 aliphatic rings. The van der Waals surface area contributed by atoms with Crippen molar-refractivity contribution in [2.45, 2.75) is 91.2 Å². The molecule has 14 heteroatoms. The summed E-state index contributed by atoms with van der Waals surface area (Å²) in [5.41, 5.74) is 0.693. The van der Waals surface area contributed by atoms with E-state index in [0.717, 1.165) is 11.1 Å². The smallest absolute Gasteiger partial charge is 0.414 e. The second kappa shape index (κ2) is 22.3. The number of carbonyl (C=O) groups excluding carboxylic acids is 5. The van der Waals surface area contributed by atoms with Crippen molar-refractivity contribution in [1.82, 2.24) is 26.6 Å². The lowest BCUT2D eigenvalue weighted by Crippen LogP contribution is -2.54. The molecule has 5 N–H and O–H groups in total. The minimum atomic E-state index is -1.10. The highest BCUT2D eigenvalue weighted by molar-refractivity contribution is 6.01. The van der Waals surface area contributed by atoms with Crippen LogP contribution >= 0.6 is 0 Å². The summed E-state index contributed by atoms with van der Waals surface area (Å²) < 4.78 is 15.9. The Hall–Kier alpha value is -5.40. The van der Waals surface area contributed by atoms with Gasteiger partial charge in [-0.25, -0.2) is 14.4 Å². The van der Waals surface area contributed by atoms with Gasteiger partial charge in [0, 0.05) is 13.1 Å². The average molecular weight is 709 g/mol. The Morgan fingerprint density at radius 3 is 1.82 bits per heavy atom. The Balaban J connectivity index is 2.15. The quantitative estimate of drug-likeness (QED) is 0.0494. The lowest BCUT2D eigenvalue weighted by molar-refractivity contribution is -0.130. The topological polar surface area (TPSA) is 186 Å². The van der Waals surface area contributed by atoms with Crippen molar-refractivity contribution >= 4 is 36.1 Å². The SMILES string of the molecule is C=CCCNC(=O)[C@H](CC(C)C)NC(=O)[C@H](CCCN=C(NC(=O)OCc1ccccc1)NC(=O)OCc1ccccc1)NC(=O)OC(C)(C)C. The van der Waals surface area contributed by atoms with Gasteiger partial charge in [-0.15, -0.1) is 6.58 Å². The number of nitrogens with zero attached hydrogens (tertiary/aromatic N) is 1. The summed E-state index contributed by atoms with van der Waals surface area (Å²) in [4.78, 5) is 68.6. The lowest BCUT2D eigenvalue weighted by Gasteiger charge is -2.26. The second-order valence-corrected chi connectivity index (χ2v) is 13.0. The van der Waals surface area contributed by atoms with Crippen molar-refractivity contribution in [2.24, 2.45) is 10.9 Å². The van der Waals surface area contributed by atoms with E-state index in [9.17, 15) is 24.0 Å². The molecule has 0 heterocycles. The standard InChI is InChI=1S/C37H52N6O8/c1-7-8-21-38-31(44)30(23-26(2)3)40-32(45)29(41-36(48)51-37(4,5)6)20-15-22-39-33(42-34(46)49-24-27-16-11-9-12-17-27)43-35(47)50-25-28-18-13-10-14-19-28/h7,9-14,16-19,26,29-30H,1,8,15,20-25H2,2-6H3,(H,38,44)(H,40,45)(H,41,48)(H2,39,42,43,46,47)/t29-,30-/m0/s1. The molecule has 2 rings (SSSR count). The number of alkyl carbamates (subject to hydrolysis) is 3. The fraction of sp³-hybridized carbons (Fsp3) is 0.459. The number of amides is 5. The van der Waals surface area contributed by atoms with Crippen LogP contribution < -0.4 is 26.6 Å². The fourth-order valence-electron chi connectivity index (χ4n) is 4.42.